The minimum Gasteiger partial charge on any atom is -0.384 e. The number of amides is 1. The molecule has 2 aromatic rings. The summed E-state index contributed by atoms with van der Waals surface area (Å²) in [5, 5.41) is 5.98. The number of hydrogen-bond acceptors (Lipinski definition) is 4. The summed E-state index contributed by atoms with van der Waals surface area (Å²) in [6, 6.07) is 11.2. The lowest BCUT2D eigenvalue weighted by atomic mass is 10.2. The molecule has 1 aromatic heterocycles. The molecule has 0 saturated carbocycles. The molecule has 0 aliphatic rings. The summed E-state index contributed by atoms with van der Waals surface area (Å²) < 4.78 is 0. The fourth-order valence-electron chi connectivity index (χ4n) is 1.87. The van der Waals surface area contributed by atoms with Crippen LogP contribution in [0, 0.1) is 0 Å². The molecule has 0 radical (unpaired) electrons. The summed E-state index contributed by atoms with van der Waals surface area (Å²) in [4.78, 5) is 18.3. The third-order valence-electron chi connectivity index (χ3n) is 3.02. The van der Waals surface area contributed by atoms with E-state index in [-0.39, 0.29) is 5.91 Å². The largest absolute Gasteiger partial charge is 0.384 e. The SMILES string of the molecule is CCNc1ccc(C(=O)Nc2ccc(N(C)C)cc2)nc1. The van der Waals surface area contributed by atoms with Crippen molar-refractivity contribution in [3.63, 3.8) is 0 Å². The molecule has 0 unspecified atom stereocenters. The highest BCUT2D eigenvalue weighted by Crippen LogP contribution is 2.16. The summed E-state index contributed by atoms with van der Waals surface area (Å²) in [5.41, 5.74) is 3.14. The molecule has 0 aliphatic heterocycles. The van der Waals surface area contributed by atoms with E-state index in [4.69, 9.17) is 0 Å². The third-order valence-corrected chi connectivity index (χ3v) is 3.02. The Bertz CT molecular complexity index is 591. The molecule has 0 spiro atoms. The molecule has 2 rings (SSSR count). The Hall–Kier alpha value is -2.56. The number of nitrogens with one attached hydrogen (secondary N) is 2. The second-order valence-corrected chi connectivity index (χ2v) is 4.86. The van der Waals surface area contributed by atoms with E-state index in [1.54, 1.807) is 12.3 Å². The first-order chi connectivity index (χ1) is 10.1. The number of carbonyl (C=O) groups excluding carboxylic acids is 1. The van der Waals surface area contributed by atoms with Gasteiger partial charge in [-0.05, 0) is 43.3 Å². The lowest BCUT2D eigenvalue weighted by molar-refractivity contribution is 0.102. The van der Waals surface area contributed by atoms with Crippen molar-refractivity contribution in [2.24, 2.45) is 0 Å². The highest BCUT2D eigenvalue weighted by Gasteiger charge is 2.07. The molecule has 0 bridgehead atoms. The second-order valence-electron chi connectivity index (χ2n) is 4.86. The summed E-state index contributed by atoms with van der Waals surface area (Å²) in [6.45, 7) is 2.84. The van der Waals surface area contributed by atoms with Crippen molar-refractivity contribution in [2.75, 3.05) is 36.2 Å². The zero-order chi connectivity index (χ0) is 15.2. The van der Waals surface area contributed by atoms with Crippen LogP contribution >= 0.6 is 0 Å². The van der Waals surface area contributed by atoms with Crippen LogP contribution in [-0.2, 0) is 0 Å². The smallest absolute Gasteiger partial charge is 0.274 e. The van der Waals surface area contributed by atoms with Crippen molar-refractivity contribution in [2.45, 2.75) is 6.92 Å². The Kier molecular flexibility index (Phi) is 4.77. The van der Waals surface area contributed by atoms with Crippen molar-refractivity contribution in [3.8, 4) is 0 Å². The number of rotatable bonds is 5. The summed E-state index contributed by atoms with van der Waals surface area (Å²) >= 11 is 0. The van der Waals surface area contributed by atoms with Crippen molar-refractivity contribution in [1.82, 2.24) is 4.98 Å². The van der Waals surface area contributed by atoms with Gasteiger partial charge in [0.05, 0.1) is 11.9 Å². The molecule has 0 atom stereocenters. The van der Waals surface area contributed by atoms with E-state index in [9.17, 15) is 4.79 Å². The molecule has 5 heteroatoms. The van der Waals surface area contributed by atoms with Crippen molar-refractivity contribution in [3.05, 3.63) is 48.3 Å². The van der Waals surface area contributed by atoms with Crippen LogP contribution < -0.4 is 15.5 Å². The van der Waals surface area contributed by atoms with Gasteiger partial charge in [0.15, 0.2) is 0 Å². The molecule has 1 amide bonds. The lowest BCUT2D eigenvalue weighted by Gasteiger charge is -2.13. The normalized spacial score (nSPS) is 10.0. The first-order valence-electron chi connectivity index (χ1n) is 6.89. The number of anilines is 3. The van der Waals surface area contributed by atoms with Gasteiger partial charge in [0, 0.05) is 32.0 Å². The van der Waals surface area contributed by atoms with Crippen molar-refractivity contribution >= 4 is 23.0 Å². The number of hydrogen-bond donors (Lipinski definition) is 2. The van der Waals surface area contributed by atoms with Crippen LogP contribution in [-0.4, -0.2) is 31.5 Å². The molecule has 0 fully saturated rings. The van der Waals surface area contributed by atoms with Gasteiger partial charge in [0.1, 0.15) is 5.69 Å². The molecular weight excluding hydrogens is 264 g/mol. The molecule has 0 aliphatic carbocycles. The maximum atomic E-state index is 12.1. The minimum atomic E-state index is -0.212. The van der Waals surface area contributed by atoms with Gasteiger partial charge in [-0.3, -0.25) is 4.79 Å². The Balaban J connectivity index is 2.03. The van der Waals surface area contributed by atoms with Gasteiger partial charge in [-0.25, -0.2) is 4.98 Å². The van der Waals surface area contributed by atoms with E-state index in [1.807, 2.05) is 56.3 Å². The minimum absolute atomic E-state index is 0.212. The van der Waals surface area contributed by atoms with Crippen LogP contribution in [0.3, 0.4) is 0 Å². The quantitative estimate of drug-likeness (QED) is 0.886. The summed E-state index contributed by atoms with van der Waals surface area (Å²) in [5.74, 6) is -0.212. The van der Waals surface area contributed by atoms with Crippen LogP contribution in [0.2, 0.25) is 0 Å². The van der Waals surface area contributed by atoms with Gasteiger partial charge in [-0.15, -0.1) is 0 Å². The number of nitrogens with zero attached hydrogens (tertiary/aromatic N) is 2. The molecule has 21 heavy (non-hydrogen) atoms. The van der Waals surface area contributed by atoms with Crippen LogP contribution in [0.4, 0.5) is 17.1 Å². The van der Waals surface area contributed by atoms with Crippen LogP contribution in [0.5, 0.6) is 0 Å². The van der Waals surface area contributed by atoms with Crippen LogP contribution in [0.25, 0.3) is 0 Å². The fourth-order valence-corrected chi connectivity index (χ4v) is 1.87. The number of benzene rings is 1. The number of carbonyl (C=O) groups is 1. The van der Waals surface area contributed by atoms with Crippen LogP contribution in [0.1, 0.15) is 17.4 Å². The van der Waals surface area contributed by atoms with Gasteiger partial charge in [-0.1, -0.05) is 0 Å². The molecule has 5 nitrogen and oxygen atoms in total. The number of aromatic nitrogens is 1. The predicted octanol–water partition coefficient (Wildman–Crippen LogP) is 2.83. The molecule has 1 heterocycles. The van der Waals surface area contributed by atoms with E-state index < -0.39 is 0 Å². The molecule has 0 saturated heterocycles. The number of pyridine rings is 1. The zero-order valence-corrected chi connectivity index (χ0v) is 12.6. The Morgan fingerprint density at radius 3 is 2.29 bits per heavy atom. The second kappa shape index (κ2) is 6.74. The van der Waals surface area contributed by atoms with Gasteiger partial charge >= 0.3 is 0 Å². The Labute approximate surface area is 125 Å². The topological polar surface area (TPSA) is 57.3 Å². The van der Waals surface area contributed by atoms with Crippen molar-refractivity contribution in [1.29, 1.82) is 0 Å². The molecular formula is C16H20N4O. The van der Waals surface area contributed by atoms with E-state index >= 15 is 0 Å². The van der Waals surface area contributed by atoms with Gasteiger partial charge in [0.25, 0.3) is 5.91 Å². The molecule has 110 valence electrons. The molecule has 1 aromatic carbocycles. The van der Waals surface area contributed by atoms with Gasteiger partial charge in [0.2, 0.25) is 0 Å². The van der Waals surface area contributed by atoms with E-state index in [0.29, 0.717) is 5.69 Å². The Morgan fingerprint density at radius 2 is 1.76 bits per heavy atom. The fraction of sp³-hybridized carbons (Fsp3) is 0.250. The average molecular weight is 284 g/mol. The lowest BCUT2D eigenvalue weighted by Crippen LogP contribution is -2.14. The first-order valence-corrected chi connectivity index (χ1v) is 6.89. The van der Waals surface area contributed by atoms with E-state index in [2.05, 4.69) is 15.6 Å². The maximum absolute atomic E-state index is 12.1. The highest BCUT2D eigenvalue weighted by atomic mass is 16.1. The monoisotopic (exact) mass is 284 g/mol. The third kappa shape index (κ3) is 3.95. The van der Waals surface area contributed by atoms with Gasteiger partial charge in [-0.2, -0.15) is 0 Å². The summed E-state index contributed by atoms with van der Waals surface area (Å²) in [7, 11) is 3.95. The first kappa shape index (κ1) is 14.8. The van der Waals surface area contributed by atoms with Gasteiger partial charge < -0.3 is 15.5 Å². The average Bonchev–Trinajstić information content (AvgIpc) is 2.49. The van der Waals surface area contributed by atoms with E-state index in [1.165, 1.54) is 0 Å². The predicted molar refractivity (Wildman–Crippen MR) is 87.1 cm³/mol. The molecule has 2 N–H and O–H groups in total. The Morgan fingerprint density at radius 1 is 1.10 bits per heavy atom. The highest BCUT2D eigenvalue weighted by molar-refractivity contribution is 6.03. The summed E-state index contributed by atoms with van der Waals surface area (Å²) in [6.07, 6.45) is 1.66. The zero-order valence-electron chi connectivity index (χ0n) is 12.6. The standard InChI is InChI=1S/C16H20N4O/c1-4-17-13-7-10-15(18-11-13)16(21)19-12-5-8-14(9-6-12)20(2)3/h5-11,17H,4H2,1-3H3,(H,19,21). The maximum Gasteiger partial charge on any atom is 0.274 e. The van der Waals surface area contributed by atoms with Crippen molar-refractivity contribution < 1.29 is 4.79 Å². The van der Waals surface area contributed by atoms with E-state index in [0.717, 1.165) is 23.6 Å². The van der Waals surface area contributed by atoms with Crippen LogP contribution in [0.15, 0.2) is 42.6 Å².